The highest BCUT2D eigenvalue weighted by molar-refractivity contribution is 7.89. The maximum atomic E-state index is 13.6. The highest BCUT2D eigenvalue weighted by Crippen LogP contribution is 2.42. The third-order valence-corrected chi connectivity index (χ3v) is 12.4. The number of aliphatic hydroxyl groups is 2. The van der Waals surface area contributed by atoms with Crippen LogP contribution in [0.3, 0.4) is 0 Å². The second-order valence-corrected chi connectivity index (χ2v) is 17.0. The normalized spacial score (nSPS) is 21.9. The van der Waals surface area contributed by atoms with E-state index in [1.54, 1.807) is 12.1 Å². The summed E-state index contributed by atoms with van der Waals surface area (Å²) in [5.41, 5.74) is 7.32. The van der Waals surface area contributed by atoms with Crippen LogP contribution < -0.4 is 10.0 Å². The van der Waals surface area contributed by atoms with Gasteiger partial charge >= 0.3 is 0 Å². The van der Waals surface area contributed by atoms with Crippen molar-refractivity contribution in [2.45, 2.75) is 75.4 Å². The zero-order valence-electron chi connectivity index (χ0n) is 32.3. The zero-order valence-corrected chi connectivity index (χ0v) is 33.1. The van der Waals surface area contributed by atoms with Crippen LogP contribution in [0.5, 0.6) is 0 Å². The maximum absolute atomic E-state index is 13.6. The average molecular weight is 790 g/mol. The lowest BCUT2D eigenvalue weighted by molar-refractivity contribution is -0.276. The maximum Gasteiger partial charge on any atom is 0.241 e. The Morgan fingerprint density at radius 3 is 2.21 bits per heavy atom. The largest absolute Gasteiger partial charge is 0.392 e. The number of sulfonamides is 1. The van der Waals surface area contributed by atoms with Gasteiger partial charge in [-0.1, -0.05) is 122 Å². The first-order valence-corrected chi connectivity index (χ1v) is 21.0. The second kappa shape index (κ2) is 18.3. The van der Waals surface area contributed by atoms with Gasteiger partial charge in [0.15, 0.2) is 6.29 Å². The molecule has 57 heavy (non-hydrogen) atoms. The van der Waals surface area contributed by atoms with Crippen LogP contribution in [0.1, 0.15) is 59.1 Å². The van der Waals surface area contributed by atoms with Gasteiger partial charge in [0, 0.05) is 37.7 Å². The number of ether oxygens (including phenoxy) is 2. The number of nitrogens with one attached hydrogen (secondary N) is 2. The minimum atomic E-state index is -3.96. The van der Waals surface area contributed by atoms with Gasteiger partial charge in [-0.2, -0.15) is 4.72 Å². The molecule has 0 unspecified atom stereocenters. The Balaban J connectivity index is 1.04. The van der Waals surface area contributed by atoms with Crippen LogP contribution in [-0.2, 0) is 43.9 Å². The van der Waals surface area contributed by atoms with Crippen LogP contribution in [0.15, 0.2) is 132 Å². The standard InChI is InChI=1S/C46H51N3O7S/c1-31-11-21-41(22-12-31)57(53,54)48-42(26-33-7-4-3-5-8-33)45(52)47-27-35-9-6-10-39(25-35)36-17-19-38(20-18-36)46-55-43(29-49-24-23-40(51)28-49)32(2)44(56-46)37-15-13-34(30-50)14-16-37/h3-22,25,32,40,42-44,46,48,50-51H,23-24,26-30H2,1-2H3,(H,47,52)/t32-,40-,42+,43+,44+,46+/m0/s1. The van der Waals surface area contributed by atoms with E-state index in [2.05, 4.69) is 21.9 Å². The lowest BCUT2D eigenvalue weighted by atomic mass is 9.90. The summed E-state index contributed by atoms with van der Waals surface area (Å²) < 4.78 is 42.6. The second-order valence-electron chi connectivity index (χ2n) is 15.2. The van der Waals surface area contributed by atoms with Gasteiger partial charge in [-0.25, -0.2) is 8.42 Å². The summed E-state index contributed by atoms with van der Waals surface area (Å²) in [6, 6.07) is 38.7. The van der Waals surface area contributed by atoms with Gasteiger partial charge in [0.2, 0.25) is 15.9 Å². The molecule has 0 spiro atoms. The van der Waals surface area contributed by atoms with E-state index < -0.39 is 28.3 Å². The molecule has 11 heteroatoms. The molecule has 2 saturated heterocycles. The minimum absolute atomic E-state index is 0.0228. The van der Waals surface area contributed by atoms with E-state index in [0.29, 0.717) is 13.1 Å². The molecule has 2 fully saturated rings. The number of aliphatic hydroxyl groups excluding tert-OH is 2. The van der Waals surface area contributed by atoms with Crippen molar-refractivity contribution in [2.24, 2.45) is 5.92 Å². The molecule has 0 saturated carbocycles. The topological polar surface area (TPSA) is 137 Å². The summed E-state index contributed by atoms with van der Waals surface area (Å²) in [7, 11) is -3.96. The van der Waals surface area contributed by atoms with Crippen molar-refractivity contribution < 1.29 is 32.9 Å². The molecular formula is C46H51N3O7S. The van der Waals surface area contributed by atoms with Crippen LogP contribution >= 0.6 is 0 Å². The van der Waals surface area contributed by atoms with E-state index in [4.69, 9.17) is 9.47 Å². The number of benzene rings is 5. The number of amides is 1. The molecule has 298 valence electrons. The van der Waals surface area contributed by atoms with Crippen molar-refractivity contribution in [3.63, 3.8) is 0 Å². The quantitative estimate of drug-likeness (QED) is 0.104. The first kappa shape index (κ1) is 40.5. The number of carbonyl (C=O) groups excluding carboxylic acids is 1. The first-order chi connectivity index (χ1) is 27.5. The number of carbonyl (C=O) groups is 1. The smallest absolute Gasteiger partial charge is 0.241 e. The number of hydrogen-bond acceptors (Lipinski definition) is 8. The fraction of sp³-hybridized carbons (Fsp3) is 0.326. The van der Waals surface area contributed by atoms with E-state index in [1.807, 2.05) is 110 Å². The van der Waals surface area contributed by atoms with E-state index in [1.165, 1.54) is 12.1 Å². The Morgan fingerprint density at radius 1 is 0.825 bits per heavy atom. The highest BCUT2D eigenvalue weighted by atomic mass is 32.2. The first-order valence-electron chi connectivity index (χ1n) is 19.6. The van der Waals surface area contributed by atoms with Crippen LogP contribution in [0.4, 0.5) is 0 Å². The lowest BCUT2D eigenvalue weighted by Crippen LogP contribution is -2.47. The summed E-state index contributed by atoms with van der Waals surface area (Å²) >= 11 is 0. The predicted molar refractivity (Wildman–Crippen MR) is 219 cm³/mol. The molecule has 2 aliphatic rings. The Labute approximate surface area is 335 Å². The lowest BCUT2D eigenvalue weighted by Gasteiger charge is -2.42. The van der Waals surface area contributed by atoms with Gasteiger partial charge in [-0.3, -0.25) is 9.69 Å². The minimum Gasteiger partial charge on any atom is -0.392 e. The molecule has 0 bridgehead atoms. The van der Waals surface area contributed by atoms with E-state index in [9.17, 15) is 23.4 Å². The summed E-state index contributed by atoms with van der Waals surface area (Å²) in [5.74, 6) is -0.378. The molecule has 10 nitrogen and oxygen atoms in total. The highest BCUT2D eigenvalue weighted by Gasteiger charge is 2.40. The van der Waals surface area contributed by atoms with Crippen molar-refractivity contribution >= 4 is 15.9 Å². The summed E-state index contributed by atoms with van der Waals surface area (Å²) in [5, 5.41) is 22.7. The molecule has 5 aromatic carbocycles. The Kier molecular flexibility index (Phi) is 13.0. The molecule has 4 N–H and O–H groups in total. The van der Waals surface area contributed by atoms with Gasteiger partial charge in [-0.15, -0.1) is 0 Å². The molecule has 2 heterocycles. The van der Waals surface area contributed by atoms with Gasteiger partial charge in [0.05, 0.1) is 29.8 Å². The van der Waals surface area contributed by atoms with Crippen molar-refractivity contribution in [1.29, 1.82) is 0 Å². The summed E-state index contributed by atoms with van der Waals surface area (Å²) in [6.45, 7) is 6.36. The number of likely N-dealkylation sites (tertiary alicyclic amines) is 1. The summed E-state index contributed by atoms with van der Waals surface area (Å²) in [4.78, 5) is 16.0. The van der Waals surface area contributed by atoms with Crippen LogP contribution in [-0.4, -0.2) is 67.3 Å². The number of nitrogens with zero attached hydrogens (tertiary/aromatic N) is 1. The number of β-amino-alcohol motifs (C(OH)–C–C–N with tert-alkyl or cyclic N) is 1. The van der Waals surface area contributed by atoms with Gasteiger partial charge in [0.25, 0.3) is 0 Å². The molecule has 1 amide bonds. The number of hydrogen-bond donors (Lipinski definition) is 4. The van der Waals surface area contributed by atoms with Crippen LogP contribution in [0.2, 0.25) is 0 Å². The Hall–Kier alpha value is -4.72. The van der Waals surface area contributed by atoms with Crippen LogP contribution in [0, 0.1) is 12.8 Å². The summed E-state index contributed by atoms with van der Waals surface area (Å²) in [6.07, 6.45) is -0.339. The molecule has 2 aliphatic heterocycles. The Morgan fingerprint density at radius 2 is 1.53 bits per heavy atom. The Bertz CT molecular complexity index is 2200. The molecular weight excluding hydrogens is 739 g/mol. The predicted octanol–water partition coefficient (Wildman–Crippen LogP) is 6.22. The fourth-order valence-electron chi connectivity index (χ4n) is 7.58. The van der Waals surface area contributed by atoms with Crippen molar-refractivity contribution in [3.05, 3.63) is 161 Å². The van der Waals surface area contributed by atoms with E-state index in [-0.39, 0.29) is 48.7 Å². The SMILES string of the molecule is Cc1ccc(S(=O)(=O)N[C@H](Cc2ccccc2)C(=O)NCc2cccc(-c3ccc([C@@H]4O[C@H](CN5CC[C@H](O)C5)[C@H](C)[C@H](c5ccc(CO)cc5)O4)cc3)c2)cc1. The van der Waals surface area contributed by atoms with Crippen molar-refractivity contribution in [3.8, 4) is 11.1 Å². The van der Waals surface area contributed by atoms with E-state index in [0.717, 1.165) is 57.5 Å². The van der Waals surface area contributed by atoms with Gasteiger partial charge < -0.3 is 25.0 Å². The van der Waals surface area contributed by atoms with Crippen LogP contribution in [0.25, 0.3) is 11.1 Å². The van der Waals surface area contributed by atoms with Gasteiger partial charge in [-0.05, 0) is 71.3 Å². The number of rotatable bonds is 14. The third-order valence-electron chi connectivity index (χ3n) is 10.9. The molecule has 5 aromatic rings. The van der Waals surface area contributed by atoms with Gasteiger partial charge in [0.1, 0.15) is 6.04 Å². The molecule has 7 rings (SSSR count). The van der Waals surface area contributed by atoms with Crippen molar-refractivity contribution in [1.82, 2.24) is 14.9 Å². The molecule has 6 atom stereocenters. The number of aryl methyl sites for hydroxylation is 1. The van der Waals surface area contributed by atoms with Crippen molar-refractivity contribution in [2.75, 3.05) is 19.6 Å². The monoisotopic (exact) mass is 789 g/mol. The zero-order chi connectivity index (χ0) is 39.9. The molecule has 0 aliphatic carbocycles. The third kappa shape index (κ3) is 10.2. The van der Waals surface area contributed by atoms with E-state index >= 15 is 0 Å². The average Bonchev–Trinajstić information content (AvgIpc) is 3.65. The molecule has 0 aromatic heterocycles. The fourth-order valence-corrected chi connectivity index (χ4v) is 8.77. The molecule has 0 radical (unpaired) electrons.